The summed E-state index contributed by atoms with van der Waals surface area (Å²) in [7, 11) is 0. The fourth-order valence-corrected chi connectivity index (χ4v) is 4.20. The molecule has 5 atom stereocenters. The number of nitrogens with zero attached hydrogens (tertiary/aromatic N) is 2. The fraction of sp³-hybridized carbons (Fsp3) is 0.412. The van der Waals surface area contributed by atoms with Crippen LogP contribution in [0.4, 0.5) is 5.69 Å². The minimum Gasteiger partial charge on any atom is -0.388 e. The molecule has 0 aromatic carbocycles. The molecule has 0 spiro atoms. The molecule has 0 saturated carbocycles. The molecule has 8 heteroatoms. The van der Waals surface area contributed by atoms with Crippen LogP contribution in [0, 0.1) is 0 Å². The topological polar surface area (TPSA) is 107 Å². The summed E-state index contributed by atoms with van der Waals surface area (Å²) in [5, 5.41) is 35.9. The van der Waals surface area contributed by atoms with Crippen molar-refractivity contribution in [1.29, 1.82) is 0 Å². The second-order valence-electron chi connectivity index (χ2n) is 6.11. The highest BCUT2D eigenvalue weighted by atomic mass is 32.1. The van der Waals surface area contributed by atoms with Gasteiger partial charge in [0.1, 0.15) is 24.0 Å². The number of hydrogen-bond acceptors (Lipinski definition) is 8. The molecule has 0 bridgehead atoms. The average Bonchev–Trinajstić information content (AvgIpc) is 3.18. The van der Waals surface area contributed by atoms with Crippen LogP contribution in [0.1, 0.15) is 41.8 Å². The number of pyridine rings is 1. The van der Waals surface area contributed by atoms with Gasteiger partial charge in [-0.3, -0.25) is 4.98 Å². The lowest BCUT2D eigenvalue weighted by Gasteiger charge is -2.22. The van der Waals surface area contributed by atoms with E-state index in [0.717, 1.165) is 0 Å². The first-order valence-corrected chi connectivity index (χ1v) is 9.05. The Balaban J connectivity index is 1.68. The molecular weight excluding hydrogens is 342 g/mol. The zero-order chi connectivity index (χ0) is 17.6. The van der Waals surface area contributed by atoms with Crippen molar-refractivity contribution < 1.29 is 20.1 Å². The van der Waals surface area contributed by atoms with E-state index in [-0.39, 0.29) is 0 Å². The third kappa shape index (κ3) is 2.76. The predicted molar refractivity (Wildman–Crippen MR) is 93.6 cm³/mol. The number of hydrogen-bond donors (Lipinski definition) is 4. The maximum absolute atomic E-state index is 10.4. The molecule has 2 aliphatic rings. The summed E-state index contributed by atoms with van der Waals surface area (Å²) < 4.78 is 5.85. The van der Waals surface area contributed by atoms with Crippen molar-refractivity contribution in [3.63, 3.8) is 0 Å². The van der Waals surface area contributed by atoms with Crippen molar-refractivity contribution >= 4 is 22.9 Å². The Morgan fingerprint density at radius 1 is 1.24 bits per heavy atom. The van der Waals surface area contributed by atoms with Crippen LogP contribution in [-0.2, 0) is 4.74 Å². The molecule has 4 heterocycles. The standard InChI is InChI=1S/C17H19N3O4S/c1-2-10-12(21)13(22)14(24-10)8-7-25-15-11(8)19-16(20-17(15)23)9-5-3-4-6-18-9/h3-7,10,12-14,17,21-23H,2H2,1H3,(H,19,20)/t10-,12-,13-,14+,17?/m1/s1. The first-order valence-electron chi connectivity index (χ1n) is 8.17. The Bertz CT molecular complexity index is 794. The molecule has 25 heavy (non-hydrogen) atoms. The minimum atomic E-state index is -1.01. The monoisotopic (exact) mass is 361 g/mol. The second kappa shape index (κ2) is 6.47. The molecule has 2 aromatic rings. The van der Waals surface area contributed by atoms with Crippen LogP contribution in [0.15, 0.2) is 34.8 Å². The number of anilines is 1. The zero-order valence-electron chi connectivity index (χ0n) is 13.5. The van der Waals surface area contributed by atoms with Gasteiger partial charge in [-0.25, -0.2) is 4.99 Å². The van der Waals surface area contributed by atoms with Crippen molar-refractivity contribution in [3.8, 4) is 0 Å². The smallest absolute Gasteiger partial charge is 0.185 e. The predicted octanol–water partition coefficient (Wildman–Crippen LogP) is 1.58. The van der Waals surface area contributed by atoms with Crippen LogP contribution in [0.5, 0.6) is 0 Å². The summed E-state index contributed by atoms with van der Waals surface area (Å²) in [6.07, 6.45) is -1.74. The number of amidine groups is 1. The largest absolute Gasteiger partial charge is 0.388 e. The first-order chi connectivity index (χ1) is 12.1. The minimum absolute atomic E-state index is 0.409. The molecule has 132 valence electrons. The third-order valence-electron chi connectivity index (χ3n) is 4.56. The number of rotatable bonds is 3. The van der Waals surface area contributed by atoms with Gasteiger partial charge >= 0.3 is 0 Å². The van der Waals surface area contributed by atoms with Crippen LogP contribution in [0.2, 0.25) is 0 Å². The quantitative estimate of drug-likeness (QED) is 0.661. The van der Waals surface area contributed by atoms with Crippen molar-refractivity contribution in [2.45, 2.75) is 44.0 Å². The number of ether oxygens (including phenoxy) is 1. The maximum atomic E-state index is 10.4. The van der Waals surface area contributed by atoms with Crippen molar-refractivity contribution in [1.82, 2.24) is 4.98 Å². The molecule has 1 fully saturated rings. The molecule has 7 nitrogen and oxygen atoms in total. The van der Waals surface area contributed by atoms with Crippen molar-refractivity contribution in [2.24, 2.45) is 4.99 Å². The lowest BCUT2D eigenvalue weighted by molar-refractivity contribution is 0.00604. The lowest BCUT2D eigenvalue weighted by atomic mass is 10.0. The molecule has 0 aliphatic carbocycles. The highest BCUT2D eigenvalue weighted by Gasteiger charge is 2.44. The van der Waals surface area contributed by atoms with Gasteiger partial charge in [-0.05, 0) is 23.9 Å². The SMILES string of the molecule is CC[C@H]1O[C@@H](c2csc3c2NC(c2ccccn2)=NC3O)[C@H](O)[C@@H]1O. The van der Waals surface area contributed by atoms with Crippen LogP contribution >= 0.6 is 11.3 Å². The number of aliphatic hydroxyl groups excluding tert-OH is 3. The second-order valence-corrected chi connectivity index (χ2v) is 7.02. The van der Waals surface area contributed by atoms with Crippen LogP contribution in [-0.4, -0.2) is 44.5 Å². The van der Waals surface area contributed by atoms with E-state index in [1.54, 1.807) is 18.3 Å². The molecular formula is C17H19N3O4S. The van der Waals surface area contributed by atoms with Crippen LogP contribution in [0.25, 0.3) is 0 Å². The molecule has 1 unspecified atom stereocenters. The summed E-state index contributed by atoms with van der Waals surface area (Å²) in [5.74, 6) is 0.459. The first kappa shape index (κ1) is 16.6. The normalized spacial score (nSPS) is 31.4. The number of thiophene rings is 1. The van der Waals surface area contributed by atoms with Crippen molar-refractivity contribution in [3.05, 3.63) is 45.9 Å². The Kier molecular flexibility index (Phi) is 4.30. The molecule has 1 saturated heterocycles. The van der Waals surface area contributed by atoms with Crippen molar-refractivity contribution in [2.75, 3.05) is 5.32 Å². The molecule has 2 aliphatic heterocycles. The molecule has 4 rings (SSSR count). The Hall–Kier alpha value is -1.84. The number of aliphatic imine (C=N–C) groups is 1. The number of fused-ring (bicyclic) bond motifs is 1. The summed E-state index contributed by atoms with van der Waals surface area (Å²) in [5.41, 5.74) is 2.00. The van der Waals surface area contributed by atoms with Gasteiger partial charge in [-0.2, -0.15) is 0 Å². The van der Waals surface area contributed by atoms with Gasteiger partial charge in [0.05, 0.1) is 16.7 Å². The summed E-state index contributed by atoms with van der Waals surface area (Å²) in [6, 6.07) is 5.45. The number of aromatic nitrogens is 1. The average molecular weight is 361 g/mol. The Morgan fingerprint density at radius 2 is 2.08 bits per heavy atom. The Morgan fingerprint density at radius 3 is 2.76 bits per heavy atom. The third-order valence-corrected chi connectivity index (χ3v) is 5.60. The van der Waals surface area contributed by atoms with Gasteiger partial charge < -0.3 is 25.4 Å². The highest BCUT2D eigenvalue weighted by Crippen LogP contribution is 2.45. The van der Waals surface area contributed by atoms with E-state index in [9.17, 15) is 15.3 Å². The molecule has 0 amide bonds. The molecule has 2 aromatic heterocycles. The summed E-state index contributed by atoms with van der Waals surface area (Å²) in [4.78, 5) is 9.16. The molecule has 4 N–H and O–H groups in total. The van der Waals surface area contributed by atoms with Crippen LogP contribution in [0.3, 0.4) is 0 Å². The fourth-order valence-electron chi connectivity index (χ4n) is 3.23. The van der Waals surface area contributed by atoms with Gasteiger partial charge in [0, 0.05) is 11.8 Å². The number of nitrogens with one attached hydrogen (secondary N) is 1. The van der Waals surface area contributed by atoms with E-state index in [4.69, 9.17) is 4.74 Å². The maximum Gasteiger partial charge on any atom is 0.185 e. The van der Waals surface area contributed by atoms with Gasteiger partial charge in [-0.15, -0.1) is 11.3 Å². The zero-order valence-corrected chi connectivity index (χ0v) is 14.3. The summed E-state index contributed by atoms with van der Waals surface area (Å²) >= 11 is 1.34. The van der Waals surface area contributed by atoms with Gasteiger partial charge in [0.15, 0.2) is 12.1 Å². The van der Waals surface area contributed by atoms with E-state index >= 15 is 0 Å². The van der Waals surface area contributed by atoms with E-state index < -0.39 is 30.6 Å². The summed E-state index contributed by atoms with van der Waals surface area (Å²) in [6.45, 7) is 1.90. The van der Waals surface area contributed by atoms with E-state index in [1.807, 2.05) is 18.4 Å². The van der Waals surface area contributed by atoms with Gasteiger partial charge in [0.2, 0.25) is 0 Å². The highest BCUT2D eigenvalue weighted by molar-refractivity contribution is 7.10. The van der Waals surface area contributed by atoms with Crippen LogP contribution < -0.4 is 5.32 Å². The number of aliphatic hydroxyl groups is 3. The van der Waals surface area contributed by atoms with E-state index in [2.05, 4.69) is 15.3 Å². The Labute approximate surface area is 148 Å². The van der Waals surface area contributed by atoms with E-state index in [1.165, 1.54) is 11.3 Å². The lowest BCUT2D eigenvalue weighted by Crippen LogP contribution is -2.30. The van der Waals surface area contributed by atoms with Gasteiger partial charge in [0.25, 0.3) is 0 Å². The molecule has 0 radical (unpaired) electrons. The van der Waals surface area contributed by atoms with Gasteiger partial charge in [-0.1, -0.05) is 13.0 Å². The van der Waals surface area contributed by atoms with E-state index in [0.29, 0.717) is 34.1 Å².